The van der Waals surface area contributed by atoms with Gasteiger partial charge < -0.3 is 15.3 Å². The minimum absolute atomic E-state index is 0.115. The Morgan fingerprint density at radius 3 is 2.40 bits per heavy atom. The third kappa shape index (κ3) is 4.41. The van der Waals surface area contributed by atoms with Gasteiger partial charge in [-0.05, 0) is 35.6 Å². The molecule has 0 amide bonds. The molecule has 1 heterocycles. The van der Waals surface area contributed by atoms with E-state index in [-0.39, 0.29) is 11.1 Å². The van der Waals surface area contributed by atoms with Crippen LogP contribution in [0.1, 0.15) is 38.8 Å². The predicted octanol–water partition coefficient (Wildman–Crippen LogP) is 4.29. The normalized spacial score (nSPS) is 15.2. The third-order valence-electron chi connectivity index (χ3n) is 4.05. The number of allylic oxidation sites excluding steroid dienone is 3. The first-order valence-electron chi connectivity index (χ1n) is 8.34. The van der Waals surface area contributed by atoms with Crippen molar-refractivity contribution >= 4 is 5.97 Å². The molecule has 0 unspecified atom stereocenters. The fourth-order valence-corrected chi connectivity index (χ4v) is 2.61. The second kappa shape index (κ2) is 7.43. The molecular weight excluding hydrogens is 312 g/mol. The van der Waals surface area contributed by atoms with Crippen LogP contribution in [0.4, 0.5) is 0 Å². The molecule has 0 radical (unpaired) electrons. The monoisotopic (exact) mass is 338 g/mol. The predicted molar refractivity (Wildman–Crippen MR) is 102 cm³/mol. The van der Waals surface area contributed by atoms with Crippen molar-refractivity contribution in [2.24, 2.45) is 0 Å². The highest BCUT2D eigenvalue weighted by atomic mass is 16.4. The van der Waals surface area contributed by atoms with Crippen molar-refractivity contribution in [1.82, 2.24) is 10.2 Å². The summed E-state index contributed by atoms with van der Waals surface area (Å²) in [5.74, 6) is -0.991. The highest BCUT2D eigenvalue weighted by Gasteiger charge is 2.23. The summed E-state index contributed by atoms with van der Waals surface area (Å²) in [7, 11) is 0. The van der Waals surface area contributed by atoms with Gasteiger partial charge in [0.2, 0.25) is 0 Å². The Hall–Kier alpha value is -2.75. The van der Waals surface area contributed by atoms with Gasteiger partial charge in [-0.2, -0.15) is 0 Å². The molecule has 2 N–H and O–H groups in total. The van der Waals surface area contributed by atoms with Crippen LogP contribution < -0.4 is 5.32 Å². The molecule has 0 fully saturated rings. The Morgan fingerprint density at radius 2 is 1.88 bits per heavy atom. The van der Waals surface area contributed by atoms with E-state index in [2.05, 4.69) is 56.9 Å². The van der Waals surface area contributed by atoms with E-state index in [9.17, 15) is 9.90 Å². The lowest BCUT2D eigenvalue weighted by atomic mass is 9.87. The summed E-state index contributed by atoms with van der Waals surface area (Å²) in [5.41, 5.74) is 3.85. The number of rotatable bonds is 5. The molecule has 0 saturated heterocycles. The molecule has 0 spiro atoms. The Kier molecular flexibility index (Phi) is 5.52. The van der Waals surface area contributed by atoms with Crippen LogP contribution in [0.2, 0.25) is 0 Å². The summed E-state index contributed by atoms with van der Waals surface area (Å²) in [6.45, 7) is 12.8. The minimum Gasteiger partial charge on any atom is -0.476 e. The highest BCUT2D eigenvalue weighted by molar-refractivity contribution is 5.88. The van der Waals surface area contributed by atoms with E-state index in [4.69, 9.17) is 0 Å². The fraction of sp³-hybridized carbons (Fsp3) is 0.286. The van der Waals surface area contributed by atoms with Crippen LogP contribution in [-0.2, 0) is 16.8 Å². The van der Waals surface area contributed by atoms with Crippen LogP contribution in [0.25, 0.3) is 0 Å². The Bertz CT molecular complexity index is 747. The summed E-state index contributed by atoms with van der Waals surface area (Å²) in [6, 6.07) is 8.38. The van der Waals surface area contributed by atoms with Gasteiger partial charge in [0.05, 0.1) is 5.70 Å². The van der Waals surface area contributed by atoms with E-state index in [0.29, 0.717) is 17.9 Å². The lowest BCUT2D eigenvalue weighted by molar-refractivity contribution is -0.134. The van der Waals surface area contributed by atoms with Gasteiger partial charge in [-0.3, -0.25) is 0 Å². The van der Waals surface area contributed by atoms with E-state index < -0.39 is 5.97 Å². The first-order chi connectivity index (χ1) is 11.7. The molecule has 1 aromatic carbocycles. The van der Waals surface area contributed by atoms with Gasteiger partial charge in [0, 0.05) is 18.4 Å². The van der Waals surface area contributed by atoms with Crippen molar-refractivity contribution in [3.8, 4) is 0 Å². The van der Waals surface area contributed by atoms with Crippen molar-refractivity contribution < 1.29 is 9.90 Å². The zero-order chi connectivity index (χ0) is 18.6. The van der Waals surface area contributed by atoms with Crippen molar-refractivity contribution in [1.29, 1.82) is 0 Å². The van der Waals surface area contributed by atoms with Crippen molar-refractivity contribution in [2.75, 3.05) is 0 Å². The van der Waals surface area contributed by atoms with Gasteiger partial charge in [0.1, 0.15) is 0 Å². The summed E-state index contributed by atoms with van der Waals surface area (Å²) in [5, 5.41) is 12.8. The Morgan fingerprint density at radius 1 is 1.24 bits per heavy atom. The highest BCUT2D eigenvalue weighted by Crippen LogP contribution is 2.24. The van der Waals surface area contributed by atoms with Crippen molar-refractivity contribution in [3.05, 3.63) is 83.5 Å². The molecule has 1 aliphatic heterocycles. The van der Waals surface area contributed by atoms with Gasteiger partial charge in [-0.25, -0.2) is 4.79 Å². The van der Waals surface area contributed by atoms with E-state index in [0.717, 1.165) is 5.56 Å². The maximum absolute atomic E-state index is 11.7. The maximum atomic E-state index is 11.7. The van der Waals surface area contributed by atoms with Crippen LogP contribution in [0, 0.1) is 0 Å². The second-order valence-corrected chi connectivity index (χ2v) is 7.04. The first-order valence-corrected chi connectivity index (χ1v) is 8.34. The van der Waals surface area contributed by atoms with E-state index in [1.165, 1.54) is 5.56 Å². The molecule has 0 atom stereocenters. The first kappa shape index (κ1) is 18.6. The molecule has 2 rings (SSSR count). The molecule has 0 saturated carbocycles. The topological polar surface area (TPSA) is 52.6 Å². The second-order valence-electron chi connectivity index (χ2n) is 7.04. The number of hydrogen-bond donors (Lipinski definition) is 2. The lowest BCUT2D eigenvalue weighted by Crippen LogP contribution is -2.29. The van der Waals surface area contributed by atoms with Crippen molar-refractivity contribution in [3.63, 3.8) is 0 Å². The number of carboxylic acid groups (broad SMARTS) is 1. The molecule has 1 aromatic rings. The summed E-state index contributed by atoms with van der Waals surface area (Å²) < 4.78 is 0. The van der Waals surface area contributed by atoms with Crippen LogP contribution in [0.15, 0.2) is 72.4 Å². The summed E-state index contributed by atoms with van der Waals surface area (Å²) in [6.07, 6.45) is 7.05. The lowest BCUT2D eigenvalue weighted by Gasteiger charge is -2.27. The standard InChI is InChI=1S/C21H26N2O2/c1-6-13-23-15(2)7-12-18(19(23)20(24)25)22-14-16-8-10-17(11-9-16)21(3,4)5/h6-13,22H,2,14H2,1,3-5H3,(H,24,25)/b13-6-. The van der Waals surface area contributed by atoms with Gasteiger partial charge in [0.25, 0.3) is 0 Å². The molecule has 4 nitrogen and oxygen atoms in total. The van der Waals surface area contributed by atoms with E-state index >= 15 is 0 Å². The fourth-order valence-electron chi connectivity index (χ4n) is 2.61. The molecule has 25 heavy (non-hydrogen) atoms. The zero-order valence-corrected chi connectivity index (χ0v) is 15.3. The van der Waals surface area contributed by atoms with Gasteiger partial charge in [-0.1, -0.05) is 57.7 Å². The number of carbonyl (C=O) groups is 1. The smallest absolute Gasteiger partial charge is 0.355 e. The molecule has 4 heteroatoms. The van der Waals surface area contributed by atoms with Crippen LogP contribution in [0.5, 0.6) is 0 Å². The molecule has 0 aliphatic carbocycles. The molecular formula is C21H26N2O2. The van der Waals surface area contributed by atoms with Gasteiger partial charge >= 0.3 is 5.97 Å². The number of aliphatic carboxylic acids is 1. The van der Waals surface area contributed by atoms with E-state index in [1.54, 1.807) is 29.3 Å². The van der Waals surface area contributed by atoms with Gasteiger partial charge in [-0.15, -0.1) is 0 Å². The quantitative estimate of drug-likeness (QED) is 0.841. The van der Waals surface area contributed by atoms with Crippen molar-refractivity contribution in [2.45, 2.75) is 39.7 Å². The largest absolute Gasteiger partial charge is 0.476 e. The molecule has 0 aromatic heterocycles. The molecule has 0 bridgehead atoms. The van der Waals surface area contributed by atoms with Crippen LogP contribution >= 0.6 is 0 Å². The number of carboxylic acids is 1. The summed E-state index contributed by atoms with van der Waals surface area (Å²) >= 11 is 0. The van der Waals surface area contributed by atoms with E-state index in [1.807, 2.05) is 6.92 Å². The average molecular weight is 338 g/mol. The average Bonchev–Trinajstić information content (AvgIpc) is 2.54. The summed E-state index contributed by atoms with van der Waals surface area (Å²) in [4.78, 5) is 13.3. The maximum Gasteiger partial charge on any atom is 0.355 e. The van der Waals surface area contributed by atoms with Gasteiger partial charge in [0.15, 0.2) is 5.70 Å². The number of benzene rings is 1. The number of nitrogens with one attached hydrogen (secondary N) is 1. The van der Waals surface area contributed by atoms with Crippen LogP contribution in [-0.4, -0.2) is 16.0 Å². The Balaban J connectivity index is 2.21. The van der Waals surface area contributed by atoms with Crippen LogP contribution in [0.3, 0.4) is 0 Å². The molecule has 132 valence electrons. The molecule has 1 aliphatic rings. The number of nitrogens with zero attached hydrogens (tertiary/aromatic N) is 1. The third-order valence-corrected chi connectivity index (χ3v) is 4.05. The minimum atomic E-state index is -0.991. The SMILES string of the molecule is C=C1C=CC(NCc2ccc(C(C)(C)C)cc2)=C(C(=O)O)N1/C=C\C. The Labute approximate surface area is 149 Å². The number of hydrogen-bond acceptors (Lipinski definition) is 3. The zero-order valence-electron chi connectivity index (χ0n) is 15.3.